The molecule has 0 amide bonds. The minimum absolute atomic E-state index is 0.266. The zero-order valence-corrected chi connectivity index (χ0v) is 21.1. The topological polar surface area (TPSA) is 65.3 Å². The summed E-state index contributed by atoms with van der Waals surface area (Å²) in [5.74, 6) is 1.84. The van der Waals surface area contributed by atoms with Crippen LogP contribution in [0.4, 0.5) is 4.39 Å². The highest BCUT2D eigenvalue weighted by atomic mass is 19.1. The molecular weight excluding hydrogens is 469 g/mol. The molecule has 2 saturated heterocycles. The van der Waals surface area contributed by atoms with Gasteiger partial charge in [-0.15, -0.1) is 0 Å². The van der Waals surface area contributed by atoms with Crippen LogP contribution < -0.4 is 4.74 Å². The zero-order valence-electron chi connectivity index (χ0n) is 21.1. The number of imidazole rings is 1. The maximum Gasteiger partial charge on any atom is 0.213 e. The van der Waals surface area contributed by atoms with Gasteiger partial charge in [-0.2, -0.15) is 0 Å². The predicted molar refractivity (Wildman–Crippen MR) is 139 cm³/mol. The summed E-state index contributed by atoms with van der Waals surface area (Å²) in [7, 11) is 0. The number of fused-ring (bicyclic) bond motifs is 1. The van der Waals surface area contributed by atoms with Gasteiger partial charge in [-0.05, 0) is 63.5 Å². The number of nitrogens with zero attached hydrogens (tertiary/aromatic N) is 5. The Kier molecular flexibility index (Phi) is 6.85. The molecule has 6 rings (SSSR count). The average molecular weight is 502 g/mol. The zero-order chi connectivity index (χ0) is 25.2. The van der Waals surface area contributed by atoms with Crippen LogP contribution in [0.25, 0.3) is 10.9 Å². The van der Waals surface area contributed by atoms with Crippen LogP contribution in [0.5, 0.6) is 5.88 Å². The Morgan fingerprint density at radius 2 is 1.95 bits per heavy atom. The standard InChI is InChI=1S/C29H32FN5O2/c1-20(29-32-12-15-35(29)18-24-10-16-36-24)34-13-8-21(9-14-34)26-3-2-4-28(33-26)37-19-22-7-11-31-27-17-23(30)5-6-25(22)27/h2-7,11-12,15,17,20-21,24H,8-10,13-14,16,18-19H2,1H3/t20-,24-/m0/s1. The molecule has 1 aromatic carbocycles. The van der Waals surface area contributed by atoms with Crippen molar-refractivity contribution in [3.8, 4) is 5.88 Å². The van der Waals surface area contributed by atoms with Crippen molar-refractivity contribution in [2.24, 2.45) is 0 Å². The van der Waals surface area contributed by atoms with Gasteiger partial charge in [-0.25, -0.2) is 14.4 Å². The number of likely N-dealkylation sites (tertiary alicyclic amines) is 1. The first-order chi connectivity index (χ1) is 18.1. The van der Waals surface area contributed by atoms with Crippen molar-refractivity contribution in [2.75, 3.05) is 19.7 Å². The van der Waals surface area contributed by atoms with Crippen LogP contribution in [0.1, 0.15) is 55.2 Å². The highest BCUT2D eigenvalue weighted by Crippen LogP contribution is 2.32. The van der Waals surface area contributed by atoms with E-state index in [1.165, 1.54) is 12.1 Å². The van der Waals surface area contributed by atoms with Crippen molar-refractivity contribution in [3.63, 3.8) is 0 Å². The van der Waals surface area contributed by atoms with E-state index in [0.717, 1.165) is 68.0 Å². The lowest BCUT2D eigenvalue weighted by atomic mass is 9.92. The third-order valence-corrected chi connectivity index (χ3v) is 7.73. The van der Waals surface area contributed by atoms with E-state index in [1.807, 2.05) is 24.4 Å². The van der Waals surface area contributed by atoms with E-state index in [0.29, 0.717) is 30.0 Å². The van der Waals surface area contributed by atoms with E-state index >= 15 is 0 Å². The summed E-state index contributed by atoms with van der Waals surface area (Å²) in [6.07, 6.45) is 9.22. The first-order valence-corrected chi connectivity index (χ1v) is 13.1. The highest BCUT2D eigenvalue weighted by Gasteiger charge is 2.28. The van der Waals surface area contributed by atoms with Gasteiger partial charge < -0.3 is 14.0 Å². The maximum absolute atomic E-state index is 13.6. The van der Waals surface area contributed by atoms with Gasteiger partial charge in [0.15, 0.2) is 0 Å². The molecule has 0 radical (unpaired) electrons. The van der Waals surface area contributed by atoms with E-state index in [-0.39, 0.29) is 11.9 Å². The van der Waals surface area contributed by atoms with Crippen LogP contribution in [0.3, 0.4) is 0 Å². The number of aromatic nitrogens is 4. The molecule has 37 heavy (non-hydrogen) atoms. The monoisotopic (exact) mass is 501 g/mol. The molecule has 192 valence electrons. The van der Waals surface area contributed by atoms with Gasteiger partial charge in [-0.3, -0.25) is 9.88 Å². The van der Waals surface area contributed by atoms with Gasteiger partial charge >= 0.3 is 0 Å². The maximum atomic E-state index is 13.6. The molecule has 2 fully saturated rings. The number of ether oxygens (including phenoxy) is 2. The second-order valence-electron chi connectivity index (χ2n) is 10.0. The number of hydrogen-bond donors (Lipinski definition) is 0. The number of pyridine rings is 2. The van der Waals surface area contributed by atoms with Crippen molar-refractivity contribution in [2.45, 2.75) is 57.4 Å². The van der Waals surface area contributed by atoms with Gasteiger partial charge in [0.2, 0.25) is 5.88 Å². The first-order valence-electron chi connectivity index (χ1n) is 13.1. The van der Waals surface area contributed by atoms with Crippen LogP contribution in [0.15, 0.2) is 61.1 Å². The molecule has 2 atom stereocenters. The fourth-order valence-corrected chi connectivity index (χ4v) is 5.43. The molecule has 8 heteroatoms. The van der Waals surface area contributed by atoms with Crippen molar-refractivity contribution in [1.29, 1.82) is 0 Å². The summed E-state index contributed by atoms with van der Waals surface area (Å²) in [5.41, 5.74) is 2.67. The lowest BCUT2D eigenvalue weighted by Gasteiger charge is -2.36. The van der Waals surface area contributed by atoms with Crippen LogP contribution >= 0.6 is 0 Å². The third kappa shape index (κ3) is 5.22. The summed E-state index contributed by atoms with van der Waals surface area (Å²) in [4.78, 5) is 16.3. The van der Waals surface area contributed by atoms with Gasteiger partial charge in [0.1, 0.15) is 18.2 Å². The van der Waals surface area contributed by atoms with Crippen molar-refractivity contribution in [1.82, 2.24) is 24.4 Å². The third-order valence-electron chi connectivity index (χ3n) is 7.73. The smallest absolute Gasteiger partial charge is 0.213 e. The lowest BCUT2D eigenvalue weighted by molar-refractivity contribution is -0.0600. The van der Waals surface area contributed by atoms with E-state index in [4.69, 9.17) is 14.5 Å². The van der Waals surface area contributed by atoms with Crippen LogP contribution in [0, 0.1) is 5.82 Å². The van der Waals surface area contributed by atoms with Crippen molar-refractivity contribution < 1.29 is 13.9 Å². The van der Waals surface area contributed by atoms with Crippen LogP contribution in [-0.2, 0) is 17.9 Å². The summed E-state index contributed by atoms with van der Waals surface area (Å²) in [6.45, 7) is 6.38. The van der Waals surface area contributed by atoms with Crippen molar-refractivity contribution >= 4 is 10.9 Å². The van der Waals surface area contributed by atoms with Crippen LogP contribution in [0.2, 0.25) is 0 Å². The molecule has 0 spiro atoms. The lowest BCUT2D eigenvalue weighted by Crippen LogP contribution is -2.37. The minimum Gasteiger partial charge on any atom is -0.473 e. The molecule has 4 aromatic rings. The number of benzene rings is 1. The van der Waals surface area contributed by atoms with E-state index in [1.54, 1.807) is 12.3 Å². The Morgan fingerprint density at radius 3 is 2.76 bits per heavy atom. The quantitative estimate of drug-likeness (QED) is 0.328. The van der Waals surface area contributed by atoms with Gasteiger partial charge in [0.25, 0.3) is 0 Å². The molecular formula is C29H32FN5O2. The number of piperidine rings is 1. The Morgan fingerprint density at radius 1 is 1.08 bits per heavy atom. The molecule has 0 aliphatic carbocycles. The number of rotatable bonds is 8. The summed E-state index contributed by atoms with van der Waals surface area (Å²) in [5, 5.41) is 0.891. The molecule has 7 nitrogen and oxygen atoms in total. The number of hydrogen-bond acceptors (Lipinski definition) is 6. The van der Waals surface area contributed by atoms with E-state index in [2.05, 4.69) is 38.6 Å². The normalized spacial score (nSPS) is 19.6. The molecule has 2 aliphatic heterocycles. The summed E-state index contributed by atoms with van der Waals surface area (Å²) in [6, 6.07) is 12.8. The molecule has 0 bridgehead atoms. The van der Waals surface area contributed by atoms with E-state index in [9.17, 15) is 4.39 Å². The van der Waals surface area contributed by atoms with Gasteiger partial charge in [0.05, 0.1) is 24.2 Å². The molecule has 2 aliphatic rings. The molecule has 0 unspecified atom stereocenters. The summed E-state index contributed by atoms with van der Waals surface area (Å²) >= 11 is 0. The van der Waals surface area contributed by atoms with Gasteiger partial charge in [0, 0.05) is 59.9 Å². The fraction of sp³-hybridized carbons (Fsp3) is 0.414. The largest absolute Gasteiger partial charge is 0.473 e. The average Bonchev–Trinajstić information content (AvgIpc) is 3.37. The molecule has 3 aromatic heterocycles. The van der Waals surface area contributed by atoms with Gasteiger partial charge in [-0.1, -0.05) is 6.07 Å². The Hall–Kier alpha value is -3.36. The fourth-order valence-electron chi connectivity index (χ4n) is 5.43. The minimum atomic E-state index is -0.290. The first kappa shape index (κ1) is 24.0. The predicted octanol–water partition coefficient (Wildman–Crippen LogP) is 5.27. The second kappa shape index (κ2) is 10.6. The molecule has 0 N–H and O–H groups in total. The molecule has 0 saturated carbocycles. The molecule has 5 heterocycles. The van der Waals surface area contributed by atoms with Crippen molar-refractivity contribution in [3.05, 3.63) is 84.0 Å². The van der Waals surface area contributed by atoms with E-state index < -0.39 is 0 Å². The second-order valence-corrected chi connectivity index (χ2v) is 10.0. The van der Waals surface area contributed by atoms with Crippen LogP contribution in [-0.4, -0.2) is 50.2 Å². The highest BCUT2D eigenvalue weighted by molar-refractivity contribution is 5.81. The Labute approximate surface area is 216 Å². The summed E-state index contributed by atoms with van der Waals surface area (Å²) < 4.78 is 27.5. The number of halogens is 1. The SMILES string of the molecule is C[C@@H](c1nccn1C[C@@H]1CCO1)N1CCC(c2cccc(OCc3ccnc4cc(F)ccc34)n2)CC1. The Balaban J connectivity index is 1.07. The Bertz CT molecular complexity index is 1360.